The predicted molar refractivity (Wildman–Crippen MR) is 100 cm³/mol. The van der Waals surface area contributed by atoms with Crippen LogP contribution in [0.3, 0.4) is 0 Å². The first-order chi connectivity index (χ1) is 11.8. The summed E-state index contributed by atoms with van der Waals surface area (Å²) in [5.74, 6) is 7.14. The van der Waals surface area contributed by atoms with Crippen LogP contribution in [0.15, 0.2) is 48.1 Å². The summed E-state index contributed by atoms with van der Waals surface area (Å²) < 4.78 is 0. The molecule has 0 spiro atoms. The summed E-state index contributed by atoms with van der Waals surface area (Å²) in [6.45, 7) is 2.15. The van der Waals surface area contributed by atoms with Gasteiger partial charge in [-0.2, -0.15) is 0 Å². The fraction of sp³-hybridized carbons (Fsp3) is 0.318. The molecule has 3 rings (SSSR count). The molecule has 1 saturated carbocycles. The van der Waals surface area contributed by atoms with Crippen molar-refractivity contribution in [1.82, 2.24) is 0 Å². The Kier molecular flexibility index (Phi) is 5.33. The van der Waals surface area contributed by atoms with E-state index in [0.717, 1.165) is 48.1 Å². The SMILES string of the molecule is CC/C=C(\c1cc(C#CC2=CCCC=C2)ccc1NC=O)C1CC1. The van der Waals surface area contributed by atoms with E-state index in [4.69, 9.17) is 0 Å². The second-order valence-corrected chi connectivity index (χ2v) is 6.25. The lowest BCUT2D eigenvalue weighted by Crippen LogP contribution is -2.00. The lowest BCUT2D eigenvalue weighted by molar-refractivity contribution is -0.105. The van der Waals surface area contributed by atoms with E-state index in [9.17, 15) is 4.79 Å². The Labute approximate surface area is 144 Å². The van der Waals surface area contributed by atoms with Crippen molar-refractivity contribution in [2.24, 2.45) is 5.92 Å². The van der Waals surface area contributed by atoms with Gasteiger partial charge in [0.2, 0.25) is 6.41 Å². The van der Waals surface area contributed by atoms with Crippen LogP contribution in [-0.2, 0) is 4.79 Å². The number of nitrogens with one attached hydrogen (secondary N) is 1. The molecule has 0 aromatic heterocycles. The van der Waals surface area contributed by atoms with Crippen molar-refractivity contribution in [2.45, 2.75) is 39.0 Å². The Morgan fingerprint density at radius 3 is 2.83 bits per heavy atom. The largest absolute Gasteiger partial charge is 0.328 e. The molecule has 0 aliphatic heterocycles. The number of carbonyl (C=O) groups excluding carboxylic acids is 1. The first-order valence-corrected chi connectivity index (χ1v) is 8.75. The summed E-state index contributed by atoms with van der Waals surface area (Å²) in [6.07, 6.45) is 15.1. The smallest absolute Gasteiger partial charge is 0.211 e. The first kappa shape index (κ1) is 16.3. The van der Waals surface area contributed by atoms with Crippen LogP contribution < -0.4 is 5.32 Å². The molecule has 2 heteroatoms. The van der Waals surface area contributed by atoms with Crippen LogP contribution in [0.25, 0.3) is 5.57 Å². The first-order valence-electron chi connectivity index (χ1n) is 8.75. The van der Waals surface area contributed by atoms with Crippen molar-refractivity contribution in [3.05, 3.63) is 59.2 Å². The molecule has 1 fully saturated rings. The molecule has 1 N–H and O–H groups in total. The number of allylic oxidation sites excluding steroid dienone is 6. The molecule has 24 heavy (non-hydrogen) atoms. The monoisotopic (exact) mass is 317 g/mol. The Morgan fingerprint density at radius 1 is 1.29 bits per heavy atom. The van der Waals surface area contributed by atoms with Gasteiger partial charge in [0.05, 0.1) is 0 Å². The third-order valence-electron chi connectivity index (χ3n) is 4.33. The highest BCUT2D eigenvalue weighted by Gasteiger charge is 2.27. The molecule has 0 saturated heterocycles. The fourth-order valence-corrected chi connectivity index (χ4v) is 3.01. The highest BCUT2D eigenvalue weighted by Crippen LogP contribution is 2.44. The molecule has 2 aliphatic carbocycles. The van der Waals surface area contributed by atoms with E-state index in [1.807, 2.05) is 12.1 Å². The summed E-state index contributed by atoms with van der Waals surface area (Å²) in [7, 11) is 0. The van der Waals surface area contributed by atoms with Crippen molar-refractivity contribution in [2.75, 3.05) is 5.32 Å². The van der Waals surface area contributed by atoms with Gasteiger partial charge in [0.1, 0.15) is 0 Å². The van der Waals surface area contributed by atoms with E-state index in [1.165, 1.54) is 18.4 Å². The number of hydrogen-bond acceptors (Lipinski definition) is 1. The molecule has 0 bridgehead atoms. The molecular weight excluding hydrogens is 294 g/mol. The number of carbonyl (C=O) groups is 1. The third-order valence-corrected chi connectivity index (χ3v) is 4.33. The van der Waals surface area contributed by atoms with E-state index in [2.05, 4.69) is 54.5 Å². The average Bonchev–Trinajstić information content (AvgIpc) is 3.45. The van der Waals surface area contributed by atoms with E-state index in [-0.39, 0.29) is 0 Å². The van der Waals surface area contributed by atoms with Gasteiger partial charge in [0.15, 0.2) is 0 Å². The molecule has 0 heterocycles. The molecule has 2 aliphatic rings. The maximum atomic E-state index is 10.9. The minimum atomic E-state index is 0.629. The molecule has 0 atom stereocenters. The molecule has 1 aromatic carbocycles. The van der Waals surface area contributed by atoms with E-state index < -0.39 is 0 Å². The Morgan fingerprint density at radius 2 is 2.17 bits per heavy atom. The normalized spacial score (nSPS) is 16.9. The lowest BCUT2D eigenvalue weighted by atomic mass is 9.96. The molecule has 0 unspecified atom stereocenters. The van der Waals surface area contributed by atoms with Gasteiger partial charge in [-0.25, -0.2) is 0 Å². The van der Waals surface area contributed by atoms with Crippen molar-refractivity contribution in [1.29, 1.82) is 0 Å². The highest BCUT2D eigenvalue weighted by molar-refractivity contribution is 5.85. The Balaban J connectivity index is 1.95. The zero-order valence-electron chi connectivity index (χ0n) is 14.1. The third kappa shape index (κ3) is 4.06. The average molecular weight is 317 g/mol. The minimum absolute atomic E-state index is 0.629. The van der Waals surface area contributed by atoms with Crippen molar-refractivity contribution in [3.8, 4) is 11.8 Å². The van der Waals surface area contributed by atoms with Crippen LogP contribution in [0.4, 0.5) is 5.69 Å². The van der Waals surface area contributed by atoms with Crippen LogP contribution in [0.5, 0.6) is 0 Å². The van der Waals surface area contributed by atoms with E-state index in [1.54, 1.807) is 0 Å². The molecule has 1 aromatic rings. The van der Waals surface area contributed by atoms with Crippen LogP contribution in [0, 0.1) is 17.8 Å². The van der Waals surface area contributed by atoms with Crippen molar-refractivity contribution >= 4 is 17.7 Å². The summed E-state index contributed by atoms with van der Waals surface area (Å²) in [5, 5.41) is 2.84. The molecule has 0 radical (unpaired) electrons. The molecule has 1 amide bonds. The molecule has 2 nitrogen and oxygen atoms in total. The Hall–Kier alpha value is -2.53. The highest BCUT2D eigenvalue weighted by atomic mass is 16.1. The van der Waals surface area contributed by atoms with E-state index >= 15 is 0 Å². The summed E-state index contributed by atoms with van der Waals surface area (Å²) >= 11 is 0. The molecule has 122 valence electrons. The van der Waals surface area contributed by atoms with E-state index in [0.29, 0.717) is 5.92 Å². The topological polar surface area (TPSA) is 29.1 Å². The zero-order chi connectivity index (χ0) is 16.8. The number of benzene rings is 1. The second-order valence-electron chi connectivity index (χ2n) is 6.25. The lowest BCUT2D eigenvalue weighted by Gasteiger charge is -2.13. The number of amides is 1. The standard InChI is InChI=1S/C22H23NO/c1-2-6-20(19-12-13-19)21-15-18(11-14-22(21)23-16-24)10-9-17-7-4-3-5-8-17/h4,6-8,11,14-16,19H,2-3,5,12-13H2,1H3,(H,23,24)/b20-6-. The fourth-order valence-electron chi connectivity index (χ4n) is 3.01. The Bertz CT molecular complexity index is 767. The number of hydrogen-bond donors (Lipinski definition) is 1. The van der Waals surface area contributed by atoms with Gasteiger partial charge in [-0.15, -0.1) is 0 Å². The van der Waals surface area contributed by atoms with Crippen LogP contribution in [0.1, 0.15) is 50.2 Å². The van der Waals surface area contributed by atoms with Gasteiger partial charge in [0, 0.05) is 22.4 Å². The zero-order valence-corrected chi connectivity index (χ0v) is 14.1. The van der Waals surface area contributed by atoms with Crippen LogP contribution in [0.2, 0.25) is 0 Å². The second kappa shape index (κ2) is 7.84. The van der Waals surface area contributed by atoms with Gasteiger partial charge in [0.25, 0.3) is 0 Å². The summed E-state index contributed by atoms with van der Waals surface area (Å²) in [5.41, 5.74) is 5.42. The van der Waals surface area contributed by atoms with Crippen LogP contribution >= 0.6 is 0 Å². The van der Waals surface area contributed by atoms with Crippen molar-refractivity contribution < 1.29 is 4.79 Å². The van der Waals surface area contributed by atoms with Gasteiger partial charge >= 0.3 is 0 Å². The van der Waals surface area contributed by atoms with Crippen molar-refractivity contribution in [3.63, 3.8) is 0 Å². The minimum Gasteiger partial charge on any atom is -0.328 e. The van der Waals surface area contributed by atoms with Gasteiger partial charge in [-0.3, -0.25) is 4.79 Å². The van der Waals surface area contributed by atoms with Gasteiger partial charge in [-0.05, 0) is 61.8 Å². The maximum Gasteiger partial charge on any atom is 0.211 e. The maximum absolute atomic E-state index is 10.9. The predicted octanol–water partition coefficient (Wildman–Crippen LogP) is 5.09. The molecular formula is C22H23NO. The summed E-state index contributed by atoms with van der Waals surface area (Å²) in [4.78, 5) is 10.9. The number of rotatable bonds is 5. The quantitative estimate of drug-likeness (QED) is 0.595. The summed E-state index contributed by atoms with van der Waals surface area (Å²) in [6, 6.07) is 6.06. The van der Waals surface area contributed by atoms with Crippen LogP contribution in [-0.4, -0.2) is 6.41 Å². The van der Waals surface area contributed by atoms with Gasteiger partial charge < -0.3 is 5.32 Å². The van der Waals surface area contributed by atoms with Gasteiger partial charge in [-0.1, -0.05) is 43.1 Å². The number of anilines is 1.